The highest BCUT2D eigenvalue weighted by Gasteiger charge is 2.15. The highest BCUT2D eigenvalue weighted by atomic mass is 35.5. The van der Waals surface area contributed by atoms with Crippen LogP contribution in [-0.4, -0.2) is 18.0 Å². The Labute approximate surface area is 83.6 Å². The second-order valence-corrected chi connectivity index (χ2v) is 3.21. The van der Waals surface area contributed by atoms with Crippen molar-refractivity contribution in [3.05, 3.63) is 0 Å². The van der Waals surface area contributed by atoms with Gasteiger partial charge >= 0.3 is 5.97 Å². The van der Waals surface area contributed by atoms with E-state index in [1.807, 2.05) is 13.0 Å². The molecule has 0 aromatic rings. The molecule has 0 aliphatic heterocycles. The largest absolute Gasteiger partial charge is 0.465 e. The van der Waals surface area contributed by atoms with Crippen molar-refractivity contribution in [3.8, 4) is 6.07 Å². The number of carbonyl (C=O) groups excluding carboxylic acids is 1. The number of alkyl halides is 1. The van der Waals surface area contributed by atoms with E-state index in [0.717, 1.165) is 12.8 Å². The first-order chi connectivity index (χ1) is 6.22. The molecule has 0 aromatic carbocycles. The molecule has 0 aromatic heterocycles. The van der Waals surface area contributed by atoms with E-state index in [1.165, 1.54) is 0 Å². The van der Waals surface area contributed by atoms with E-state index in [9.17, 15) is 4.79 Å². The summed E-state index contributed by atoms with van der Waals surface area (Å²) < 4.78 is 4.86. The number of carbonyl (C=O) groups is 1. The van der Waals surface area contributed by atoms with Gasteiger partial charge in [-0.15, -0.1) is 11.6 Å². The van der Waals surface area contributed by atoms with Crippen molar-refractivity contribution in [2.75, 3.05) is 6.61 Å². The standard InChI is InChI=1S/C9H14ClNO2/c1-2-3-7-13-9(12)8(10)5-4-6-11/h8H,2-5,7H2,1H3. The molecule has 0 aliphatic carbocycles. The minimum absolute atomic E-state index is 0.289. The number of nitrogens with zero attached hydrogens (tertiary/aromatic N) is 1. The van der Waals surface area contributed by atoms with Crippen LogP contribution in [0.4, 0.5) is 0 Å². The molecular weight excluding hydrogens is 190 g/mol. The fourth-order valence-electron chi connectivity index (χ4n) is 0.717. The summed E-state index contributed by atoms with van der Waals surface area (Å²) in [5.74, 6) is -0.412. The number of rotatable bonds is 6. The van der Waals surface area contributed by atoms with Gasteiger partial charge in [-0.2, -0.15) is 5.26 Å². The first kappa shape index (κ1) is 12.2. The Hall–Kier alpha value is -0.750. The number of ether oxygens (including phenoxy) is 1. The van der Waals surface area contributed by atoms with Gasteiger partial charge in [0.15, 0.2) is 0 Å². The highest BCUT2D eigenvalue weighted by molar-refractivity contribution is 6.29. The lowest BCUT2D eigenvalue weighted by Gasteiger charge is -2.07. The Morgan fingerprint density at radius 2 is 2.38 bits per heavy atom. The van der Waals surface area contributed by atoms with E-state index < -0.39 is 11.3 Å². The molecule has 0 saturated heterocycles. The van der Waals surface area contributed by atoms with Crippen molar-refractivity contribution in [1.29, 1.82) is 5.26 Å². The molecule has 3 nitrogen and oxygen atoms in total. The summed E-state index contributed by atoms with van der Waals surface area (Å²) in [6.07, 6.45) is 2.49. The summed E-state index contributed by atoms with van der Waals surface area (Å²) in [6.45, 7) is 2.44. The molecule has 0 heterocycles. The number of esters is 1. The summed E-state index contributed by atoms with van der Waals surface area (Å²) in [4.78, 5) is 11.1. The molecule has 0 rings (SSSR count). The van der Waals surface area contributed by atoms with Gasteiger partial charge < -0.3 is 4.74 Å². The van der Waals surface area contributed by atoms with Crippen LogP contribution < -0.4 is 0 Å². The van der Waals surface area contributed by atoms with Crippen LogP contribution in [0.2, 0.25) is 0 Å². The Balaban J connectivity index is 3.52. The zero-order valence-electron chi connectivity index (χ0n) is 7.75. The van der Waals surface area contributed by atoms with Crippen LogP contribution in [-0.2, 0) is 9.53 Å². The lowest BCUT2D eigenvalue weighted by atomic mass is 10.2. The van der Waals surface area contributed by atoms with E-state index in [1.54, 1.807) is 0 Å². The Bertz CT molecular complexity index is 189. The van der Waals surface area contributed by atoms with Crippen molar-refractivity contribution in [3.63, 3.8) is 0 Å². The molecule has 4 heteroatoms. The van der Waals surface area contributed by atoms with Gasteiger partial charge in [-0.05, 0) is 12.8 Å². The highest BCUT2D eigenvalue weighted by Crippen LogP contribution is 2.07. The minimum Gasteiger partial charge on any atom is -0.465 e. The van der Waals surface area contributed by atoms with Crippen molar-refractivity contribution in [2.24, 2.45) is 0 Å². The Kier molecular flexibility index (Phi) is 7.42. The van der Waals surface area contributed by atoms with Gasteiger partial charge in [0.1, 0.15) is 5.38 Å². The molecule has 0 saturated carbocycles. The summed E-state index contributed by atoms with van der Waals surface area (Å²) in [6, 6.07) is 1.93. The lowest BCUT2D eigenvalue weighted by molar-refractivity contribution is -0.143. The average Bonchev–Trinajstić information content (AvgIpc) is 2.14. The van der Waals surface area contributed by atoms with Crippen LogP contribution in [0.15, 0.2) is 0 Å². The second-order valence-electron chi connectivity index (χ2n) is 2.69. The fourth-order valence-corrected chi connectivity index (χ4v) is 0.889. The molecule has 0 fully saturated rings. The molecule has 1 unspecified atom stereocenters. The van der Waals surface area contributed by atoms with Gasteiger partial charge in [0, 0.05) is 6.42 Å². The van der Waals surface area contributed by atoms with Crippen LogP contribution in [0.5, 0.6) is 0 Å². The minimum atomic E-state index is -0.670. The number of halogens is 1. The molecule has 1 atom stereocenters. The van der Waals surface area contributed by atoms with Crippen molar-refractivity contribution in [2.45, 2.75) is 38.0 Å². The molecule has 0 amide bonds. The van der Waals surface area contributed by atoms with Crippen molar-refractivity contribution >= 4 is 17.6 Å². The third-order valence-corrected chi connectivity index (χ3v) is 1.90. The normalized spacial score (nSPS) is 11.8. The summed E-state index contributed by atoms with van der Waals surface area (Å²) in [7, 11) is 0. The Morgan fingerprint density at radius 3 is 2.92 bits per heavy atom. The molecule has 0 N–H and O–H groups in total. The number of hydrogen-bond acceptors (Lipinski definition) is 3. The molecule has 0 aliphatic rings. The maximum absolute atomic E-state index is 11.1. The van der Waals surface area contributed by atoms with Crippen LogP contribution in [0.1, 0.15) is 32.6 Å². The predicted octanol–water partition coefficient (Wildman–Crippen LogP) is 2.24. The molecule has 13 heavy (non-hydrogen) atoms. The quantitative estimate of drug-likeness (QED) is 0.378. The molecule has 0 bridgehead atoms. The topological polar surface area (TPSA) is 50.1 Å². The van der Waals surface area contributed by atoms with Gasteiger partial charge in [0.05, 0.1) is 12.7 Å². The third-order valence-electron chi connectivity index (χ3n) is 1.51. The van der Waals surface area contributed by atoms with E-state index in [4.69, 9.17) is 21.6 Å². The second kappa shape index (κ2) is 7.88. The first-order valence-electron chi connectivity index (χ1n) is 4.40. The Morgan fingerprint density at radius 1 is 1.69 bits per heavy atom. The van der Waals surface area contributed by atoms with Crippen LogP contribution in [0, 0.1) is 11.3 Å². The number of unbranched alkanes of at least 4 members (excludes halogenated alkanes) is 1. The van der Waals surface area contributed by atoms with Crippen LogP contribution in [0.3, 0.4) is 0 Å². The fraction of sp³-hybridized carbons (Fsp3) is 0.778. The summed E-state index contributed by atoms with van der Waals surface area (Å²) in [5.41, 5.74) is 0. The molecule has 0 spiro atoms. The number of hydrogen-bond donors (Lipinski definition) is 0. The van der Waals surface area contributed by atoms with Gasteiger partial charge in [-0.25, -0.2) is 0 Å². The van der Waals surface area contributed by atoms with Gasteiger partial charge in [-0.3, -0.25) is 4.79 Å². The number of nitriles is 1. The van der Waals surface area contributed by atoms with Gasteiger partial charge in [-0.1, -0.05) is 13.3 Å². The zero-order valence-corrected chi connectivity index (χ0v) is 8.51. The van der Waals surface area contributed by atoms with E-state index in [2.05, 4.69) is 0 Å². The maximum atomic E-state index is 11.1. The maximum Gasteiger partial charge on any atom is 0.324 e. The predicted molar refractivity (Wildman–Crippen MR) is 50.4 cm³/mol. The zero-order chi connectivity index (χ0) is 10.1. The molecule has 74 valence electrons. The van der Waals surface area contributed by atoms with E-state index in [-0.39, 0.29) is 6.42 Å². The molecular formula is C9H14ClNO2. The summed E-state index contributed by atoms with van der Waals surface area (Å²) >= 11 is 5.66. The molecule has 0 radical (unpaired) electrons. The van der Waals surface area contributed by atoms with Gasteiger partial charge in [0.2, 0.25) is 0 Å². The lowest BCUT2D eigenvalue weighted by Crippen LogP contribution is -2.18. The van der Waals surface area contributed by atoms with Crippen molar-refractivity contribution < 1.29 is 9.53 Å². The SMILES string of the molecule is CCCCOC(=O)C(Cl)CCC#N. The first-order valence-corrected chi connectivity index (χ1v) is 4.83. The third kappa shape index (κ3) is 6.41. The summed E-state index contributed by atoms with van der Waals surface area (Å²) in [5, 5.41) is 7.58. The smallest absolute Gasteiger partial charge is 0.324 e. The average molecular weight is 204 g/mol. The monoisotopic (exact) mass is 203 g/mol. The van der Waals surface area contributed by atoms with E-state index >= 15 is 0 Å². The van der Waals surface area contributed by atoms with Gasteiger partial charge in [0.25, 0.3) is 0 Å². The van der Waals surface area contributed by atoms with Crippen LogP contribution in [0.25, 0.3) is 0 Å². The van der Waals surface area contributed by atoms with E-state index in [0.29, 0.717) is 13.0 Å². The van der Waals surface area contributed by atoms with Crippen LogP contribution >= 0.6 is 11.6 Å². The van der Waals surface area contributed by atoms with Crippen molar-refractivity contribution in [1.82, 2.24) is 0 Å².